The van der Waals surface area contributed by atoms with Gasteiger partial charge < -0.3 is 4.74 Å². The monoisotopic (exact) mass is 260 g/mol. The van der Waals surface area contributed by atoms with Gasteiger partial charge in [-0.05, 0) is 44.2 Å². The minimum absolute atomic E-state index is 0.329. The van der Waals surface area contributed by atoms with Crippen molar-refractivity contribution in [3.05, 3.63) is 47.3 Å². The number of rotatable bonds is 4. The van der Waals surface area contributed by atoms with Gasteiger partial charge in [-0.25, -0.2) is 10.5 Å². The van der Waals surface area contributed by atoms with Gasteiger partial charge in [0.05, 0.1) is 5.69 Å². The molecule has 2 aromatic rings. The molecule has 0 radical (unpaired) electrons. The summed E-state index contributed by atoms with van der Waals surface area (Å²) >= 11 is 0. The van der Waals surface area contributed by atoms with Gasteiger partial charge >= 0.3 is 0 Å². The molecule has 0 aliphatic rings. The number of nitrogens with two attached hydrogens (primary N) is 1. The van der Waals surface area contributed by atoms with Crippen LogP contribution in [0.2, 0.25) is 0 Å². The molecule has 3 N–H and O–H groups in total. The van der Waals surface area contributed by atoms with Crippen LogP contribution in [0.4, 0.5) is 0 Å². The normalized spacial score (nSPS) is 10.3. The van der Waals surface area contributed by atoms with E-state index < -0.39 is 0 Å². The quantitative estimate of drug-likeness (QED) is 0.490. The zero-order chi connectivity index (χ0) is 13.8. The summed E-state index contributed by atoms with van der Waals surface area (Å²) in [6.07, 6.45) is 0. The Labute approximate surface area is 111 Å². The molecule has 6 heteroatoms. The van der Waals surface area contributed by atoms with Crippen molar-refractivity contribution in [3.8, 4) is 5.75 Å². The number of nitrogens with one attached hydrogen (secondary N) is 1. The van der Waals surface area contributed by atoms with E-state index in [1.807, 2.05) is 19.9 Å². The SMILES string of the molecule is Cc1cc(C)n(COc2ccc(C(=O)NN)cc2)n1. The molecule has 1 amide bonds. The number of nitrogens with zero attached hydrogens (tertiary/aromatic N) is 2. The van der Waals surface area contributed by atoms with Crippen molar-refractivity contribution in [2.45, 2.75) is 20.6 Å². The molecule has 100 valence electrons. The van der Waals surface area contributed by atoms with Gasteiger partial charge in [-0.1, -0.05) is 0 Å². The molecule has 0 bridgehead atoms. The van der Waals surface area contributed by atoms with Crippen molar-refractivity contribution in [2.24, 2.45) is 5.84 Å². The number of aryl methyl sites for hydroxylation is 2. The van der Waals surface area contributed by atoms with E-state index in [1.165, 1.54) is 0 Å². The summed E-state index contributed by atoms with van der Waals surface area (Å²) in [7, 11) is 0. The molecule has 0 unspecified atom stereocenters. The summed E-state index contributed by atoms with van der Waals surface area (Å²) in [4.78, 5) is 11.3. The molecule has 2 rings (SSSR count). The van der Waals surface area contributed by atoms with E-state index in [0.717, 1.165) is 11.4 Å². The number of aromatic nitrogens is 2. The van der Waals surface area contributed by atoms with E-state index in [-0.39, 0.29) is 5.91 Å². The van der Waals surface area contributed by atoms with Gasteiger partial charge in [0.2, 0.25) is 0 Å². The summed E-state index contributed by atoms with van der Waals surface area (Å²) in [6, 6.07) is 8.72. The molecular formula is C13H16N4O2. The van der Waals surface area contributed by atoms with Crippen molar-refractivity contribution < 1.29 is 9.53 Å². The van der Waals surface area contributed by atoms with Crippen LogP contribution < -0.4 is 16.0 Å². The van der Waals surface area contributed by atoms with Crippen LogP contribution >= 0.6 is 0 Å². The smallest absolute Gasteiger partial charge is 0.265 e. The first-order valence-corrected chi connectivity index (χ1v) is 5.85. The van der Waals surface area contributed by atoms with E-state index in [9.17, 15) is 4.79 Å². The van der Waals surface area contributed by atoms with E-state index in [0.29, 0.717) is 18.0 Å². The number of carbonyl (C=O) groups is 1. The third-order valence-electron chi connectivity index (χ3n) is 2.70. The predicted octanol–water partition coefficient (Wildman–Crippen LogP) is 1.14. The summed E-state index contributed by atoms with van der Waals surface area (Å²) in [5.74, 6) is 5.39. The third kappa shape index (κ3) is 3.11. The molecule has 1 aromatic carbocycles. The predicted molar refractivity (Wildman–Crippen MR) is 70.4 cm³/mol. The van der Waals surface area contributed by atoms with E-state index >= 15 is 0 Å². The molecular weight excluding hydrogens is 244 g/mol. The maximum absolute atomic E-state index is 11.3. The standard InChI is InChI=1S/C13H16N4O2/c1-9-7-10(2)17(16-9)8-19-12-5-3-11(4-6-12)13(18)15-14/h3-7H,8,14H2,1-2H3,(H,15,18). The highest BCUT2D eigenvalue weighted by Crippen LogP contribution is 2.13. The van der Waals surface area contributed by atoms with E-state index in [4.69, 9.17) is 10.6 Å². The Hall–Kier alpha value is -2.34. The van der Waals surface area contributed by atoms with Crippen LogP contribution in [0.1, 0.15) is 21.7 Å². The molecule has 0 saturated carbocycles. The number of hydrogen-bond donors (Lipinski definition) is 2. The molecule has 0 aliphatic heterocycles. The number of hydrazine groups is 1. The zero-order valence-corrected chi connectivity index (χ0v) is 10.9. The maximum Gasteiger partial charge on any atom is 0.265 e. The van der Waals surface area contributed by atoms with Gasteiger partial charge in [0.25, 0.3) is 5.91 Å². The van der Waals surface area contributed by atoms with Gasteiger partial charge in [0, 0.05) is 11.3 Å². The minimum Gasteiger partial charge on any atom is -0.471 e. The van der Waals surface area contributed by atoms with Crippen molar-refractivity contribution in [2.75, 3.05) is 0 Å². The lowest BCUT2D eigenvalue weighted by atomic mass is 10.2. The Morgan fingerprint density at radius 2 is 2.05 bits per heavy atom. The minimum atomic E-state index is -0.329. The fourth-order valence-corrected chi connectivity index (χ4v) is 1.73. The van der Waals surface area contributed by atoms with Gasteiger partial charge in [-0.3, -0.25) is 10.2 Å². The van der Waals surface area contributed by atoms with Crippen molar-refractivity contribution in [1.82, 2.24) is 15.2 Å². The van der Waals surface area contributed by atoms with Crippen LogP contribution in [0.5, 0.6) is 5.75 Å². The number of hydrogen-bond acceptors (Lipinski definition) is 4. The average molecular weight is 260 g/mol. The Kier molecular flexibility index (Phi) is 3.82. The Bertz CT molecular complexity index is 575. The largest absolute Gasteiger partial charge is 0.471 e. The number of ether oxygens (including phenoxy) is 1. The number of nitrogen functional groups attached to an aromatic ring is 1. The van der Waals surface area contributed by atoms with Gasteiger partial charge in [-0.2, -0.15) is 5.10 Å². The Morgan fingerprint density at radius 3 is 2.58 bits per heavy atom. The van der Waals surface area contributed by atoms with E-state index in [2.05, 4.69) is 10.5 Å². The molecule has 1 aromatic heterocycles. The first-order valence-electron chi connectivity index (χ1n) is 5.85. The summed E-state index contributed by atoms with van der Waals surface area (Å²) in [6.45, 7) is 4.24. The summed E-state index contributed by atoms with van der Waals surface area (Å²) in [5, 5.41) is 4.30. The van der Waals surface area contributed by atoms with Crippen molar-refractivity contribution in [1.29, 1.82) is 0 Å². The first kappa shape index (κ1) is 13.1. The first-order chi connectivity index (χ1) is 9.10. The van der Waals surface area contributed by atoms with Gasteiger partial charge in [0.1, 0.15) is 5.75 Å². The number of carbonyl (C=O) groups excluding carboxylic acids is 1. The highest BCUT2D eigenvalue weighted by Gasteiger charge is 2.04. The molecule has 0 aliphatic carbocycles. The molecule has 0 spiro atoms. The van der Waals surface area contributed by atoms with Gasteiger partial charge in [-0.15, -0.1) is 0 Å². The summed E-state index contributed by atoms with van der Waals surface area (Å²) < 4.78 is 7.37. The van der Waals surface area contributed by atoms with Crippen molar-refractivity contribution >= 4 is 5.91 Å². The molecule has 1 heterocycles. The van der Waals surface area contributed by atoms with Gasteiger partial charge in [0.15, 0.2) is 6.73 Å². The molecule has 0 saturated heterocycles. The van der Waals surface area contributed by atoms with Crippen LogP contribution in [0.25, 0.3) is 0 Å². The van der Waals surface area contributed by atoms with E-state index in [1.54, 1.807) is 28.9 Å². The molecule has 0 fully saturated rings. The zero-order valence-electron chi connectivity index (χ0n) is 10.9. The lowest BCUT2D eigenvalue weighted by molar-refractivity contribution is 0.0953. The van der Waals surface area contributed by atoms with Crippen LogP contribution in [-0.2, 0) is 6.73 Å². The second-order valence-electron chi connectivity index (χ2n) is 4.20. The number of benzene rings is 1. The third-order valence-corrected chi connectivity index (χ3v) is 2.70. The Morgan fingerprint density at radius 1 is 1.37 bits per heavy atom. The van der Waals surface area contributed by atoms with Crippen LogP contribution in [0.15, 0.2) is 30.3 Å². The second-order valence-corrected chi connectivity index (χ2v) is 4.20. The average Bonchev–Trinajstić information content (AvgIpc) is 2.74. The topological polar surface area (TPSA) is 82.2 Å². The fraction of sp³-hybridized carbons (Fsp3) is 0.231. The summed E-state index contributed by atoms with van der Waals surface area (Å²) in [5.41, 5.74) is 4.56. The molecule has 19 heavy (non-hydrogen) atoms. The molecule has 6 nitrogen and oxygen atoms in total. The fourth-order valence-electron chi connectivity index (χ4n) is 1.73. The lowest BCUT2D eigenvalue weighted by Crippen LogP contribution is -2.29. The Balaban J connectivity index is 2.00. The second kappa shape index (κ2) is 5.53. The van der Waals surface area contributed by atoms with Crippen LogP contribution in [0.3, 0.4) is 0 Å². The highest BCUT2D eigenvalue weighted by molar-refractivity contribution is 5.93. The maximum atomic E-state index is 11.3. The van der Waals surface area contributed by atoms with Crippen molar-refractivity contribution in [3.63, 3.8) is 0 Å². The van der Waals surface area contributed by atoms with Crippen LogP contribution in [-0.4, -0.2) is 15.7 Å². The number of amides is 1. The van der Waals surface area contributed by atoms with Crippen LogP contribution in [0, 0.1) is 13.8 Å². The highest BCUT2D eigenvalue weighted by atomic mass is 16.5. The molecule has 0 atom stereocenters. The lowest BCUT2D eigenvalue weighted by Gasteiger charge is -2.08.